The zero-order chi connectivity index (χ0) is 23.4. The molecule has 1 unspecified atom stereocenters. The van der Waals surface area contributed by atoms with Crippen LogP contribution in [0, 0.1) is 0 Å². The third kappa shape index (κ3) is 5.75. The van der Waals surface area contributed by atoms with Crippen molar-refractivity contribution in [3.8, 4) is 5.88 Å². The molecule has 33 heavy (non-hydrogen) atoms. The Morgan fingerprint density at radius 2 is 2.00 bits per heavy atom. The van der Waals surface area contributed by atoms with Crippen LogP contribution in [0.1, 0.15) is 17.8 Å². The zero-order valence-electron chi connectivity index (χ0n) is 17.7. The molecule has 1 aliphatic carbocycles. The largest absolute Gasteiger partial charge is 0.467 e. The molecule has 1 atom stereocenters. The first-order valence-electron chi connectivity index (χ1n) is 10.5. The number of hydrogen-bond acceptors (Lipinski definition) is 5. The Morgan fingerprint density at radius 3 is 2.67 bits per heavy atom. The normalized spacial score (nSPS) is 19.5. The summed E-state index contributed by atoms with van der Waals surface area (Å²) in [4.78, 5) is 20.8. The molecule has 0 N–H and O–H groups in total. The molecule has 11 heteroatoms. The van der Waals surface area contributed by atoms with Crippen LogP contribution in [0.2, 0.25) is 0 Å². The number of carbonyl (C=O) groups excluding carboxylic acids is 1. The fraction of sp³-hybridized carbons (Fsp3) is 0.409. The van der Waals surface area contributed by atoms with Gasteiger partial charge in [0.05, 0.1) is 16.8 Å². The summed E-state index contributed by atoms with van der Waals surface area (Å²) in [5, 5.41) is 3.08. The average molecular weight is 482 g/mol. The minimum absolute atomic E-state index is 0.170. The molecule has 1 saturated heterocycles. The fourth-order valence-corrected chi connectivity index (χ4v) is 3.95. The van der Waals surface area contributed by atoms with Crippen molar-refractivity contribution in [2.75, 3.05) is 32.8 Å². The lowest BCUT2D eigenvalue weighted by atomic mass is 10.1. The Hall–Kier alpha value is -2.85. The van der Waals surface area contributed by atoms with Crippen molar-refractivity contribution in [1.82, 2.24) is 24.6 Å². The number of hydrogen-bond donors (Lipinski definition) is 0. The molecule has 0 aromatic carbocycles. The van der Waals surface area contributed by atoms with Crippen LogP contribution >= 0.6 is 11.6 Å². The Kier molecular flexibility index (Phi) is 7.04. The van der Waals surface area contributed by atoms with E-state index in [-0.39, 0.29) is 18.4 Å². The van der Waals surface area contributed by atoms with E-state index < -0.39 is 17.2 Å². The molecule has 2 aromatic heterocycles. The summed E-state index contributed by atoms with van der Waals surface area (Å²) in [7, 11) is 0. The van der Waals surface area contributed by atoms with E-state index in [4.69, 9.17) is 16.3 Å². The summed E-state index contributed by atoms with van der Waals surface area (Å²) in [5.41, 5.74) is 0.214. The van der Waals surface area contributed by atoms with Crippen LogP contribution in [0.5, 0.6) is 5.88 Å². The van der Waals surface area contributed by atoms with E-state index in [2.05, 4.69) is 15.0 Å². The molecule has 1 aliphatic heterocycles. The molecule has 1 amide bonds. The van der Waals surface area contributed by atoms with E-state index in [1.54, 1.807) is 23.2 Å². The maximum absolute atomic E-state index is 13.2. The number of allylic oxidation sites excluding steroid dienone is 4. The number of rotatable bonds is 6. The summed E-state index contributed by atoms with van der Waals surface area (Å²) in [5.74, 6) is -0.467. The first-order valence-corrected chi connectivity index (χ1v) is 11.0. The highest BCUT2D eigenvalue weighted by Gasteiger charge is 2.36. The number of carbonyl (C=O) groups is 1. The number of alkyl halides is 4. The molecule has 0 bridgehead atoms. The molecule has 0 radical (unpaired) electrons. The van der Waals surface area contributed by atoms with Gasteiger partial charge in [-0.05, 0) is 24.6 Å². The van der Waals surface area contributed by atoms with Gasteiger partial charge in [0.25, 0.3) is 5.91 Å². The number of halogens is 4. The second-order valence-electron chi connectivity index (χ2n) is 7.77. The van der Waals surface area contributed by atoms with Gasteiger partial charge >= 0.3 is 6.18 Å². The summed E-state index contributed by atoms with van der Waals surface area (Å²) in [6.45, 7) is 2.65. The van der Waals surface area contributed by atoms with Crippen LogP contribution in [0.3, 0.4) is 0 Å². The number of nitrogens with zero attached hydrogens (tertiary/aromatic N) is 5. The van der Waals surface area contributed by atoms with E-state index in [1.807, 2.05) is 24.3 Å². The van der Waals surface area contributed by atoms with Gasteiger partial charge < -0.3 is 9.64 Å². The number of aromatic nitrogens is 3. The van der Waals surface area contributed by atoms with Gasteiger partial charge in [0, 0.05) is 45.0 Å². The molecular weight excluding hydrogens is 459 g/mol. The van der Waals surface area contributed by atoms with Gasteiger partial charge in [-0.15, -0.1) is 11.6 Å². The van der Waals surface area contributed by atoms with E-state index >= 15 is 0 Å². The second-order valence-corrected chi connectivity index (χ2v) is 8.29. The van der Waals surface area contributed by atoms with Crippen molar-refractivity contribution >= 4 is 23.2 Å². The number of piperazine rings is 1. The van der Waals surface area contributed by atoms with Crippen LogP contribution in [0.25, 0.3) is 5.70 Å². The topological polar surface area (TPSA) is 63.5 Å². The molecule has 4 rings (SSSR count). The summed E-state index contributed by atoms with van der Waals surface area (Å²) in [6.07, 6.45) is 2.65. The van der Waals surface area contributed by atoms with Crippen molar-refractivity contribution in [2.24, 2.45) is 0 Å². The van der Waals surface area contributed by atoms with Gasteiger partial charge in [0.2, 0.25) is 5.88 Å². The SMILES string of the molecule is O=C(COc1cc(C(F)(F)F)nn1C1=CC=CCC1Cl)N1CCN(Cc2ccccn2)CC1. The molecule has 2 aromatic rings. The van der Waals surface area contributed by atoms with E-state index in [0.29, 0.717) is 44.8 Å². The van der Waals surface area contributed by atoms with Crippen molar-refractivity contribution in [2.45, 2.75) is 24.5 Å². The van der Waals surface area contributed by atoms with E-state index in [9.17, 15) is 18.0 Å². The van der Waals surface area contributed by atoms with Gasteiger partial charge in [-0.2, -0.15) is 18.3 Å². The zero-order valence-corrected chi connectivity index (χ0v) is 18.5. The monoisotopic (exact) mass is 481 g/mol. The minimum atomic E-state index is -4.65. The maximum Gasteiger partial charge on any atom is 0.435 e. The maximum atomic E-state index is 13.2. The predicted molar refractivity (Wildman–Crippen MR) is 116 cm³/mol. The van der Waals surface area contributed by atoms with Crippen molar-refractivity contribution in [1.29, 1.82) is 0 Å². The minimum Gasteiger partial charge on any atom is -0.467 e. The smallest absolute Gasteiger partial charge is 0.435 e. The van der Waals surface area contributed by atoms with Crippen LogP contribution in [-0.2, 0) is 17.5 Å². The van der Waals surface area contributed by atoms with Gasteiger partial charge in [-0.25, -0.2) is 4.68 Å². The standard InChI is InChI=1S/C22H23ClF3N5O2/c23-17-6-1-2-7-18(17)31-21(13-19(28-31)22(24,25)26)33-15-20(32)30-11-9-29(10-12-30)14-16-5-3-4-8-27-16/h1-5,7-8,13,17H,6,9-12,14-15H2. The van der Waals surface area contributed by atoms with Crippen LogP contribution in [-0.4, -0.2) is 68.6 Å². The Labute approximate surface area is 194 Å². The number of pyridine rings is 1. The van der Waals surface area contributed by atoms with Gasteiger partial charge in [-0.3, -0.25) is 14.7 Å². The molecule has 0 spiro atoms. The van der Waals surface area contributed by atoms with Gasteiger partial charge in [-0.1, -0.05) is 18.2 Å². The molecule has 1 fully saturated rings. The first-order chi connectivity index (χ1) is 15.8. The highest BCUT2D eigenvalue weighted by Crippen LogP contribution is 2.34. The van der Waals surface area contributed by atoms with Crippen LogP contribution < -0.4 is 4.74 Å². The second kappa shape index (κ2) is 9.96. The predicted octanol–water partition coefficient (Wildman–Crippen LogP) is 3.43. The Morgan fingerprint density at radius 1 is 1.21 bits per heavy atom. The van der Waals surface area contributed by atoms with Gasteiger partial charge in [0.1, 0.15) is 0 Å². The molecular formula is C22H23ClF3N5O2. The Balaban J connectivity index is 1.37. The summed E-state index contributed by atoms with van der Waals surface area (Å²) >= 11 is 6.27. The third-order valence-electron chi connectivity index (χ3n) is 5.46. The van der Waals surface area contributed by atoms with E-state index in [1.165, 1.54) is 0 Å². The molecule has 7 nitrogen and oxygen atoms in total. The Bertz CT molecular complexity index is 1030. The van der Waals surface area contributed by atoms with Crippen LogP contribution in [0.4, 0.5) is 13.2 Å². The quantitative estimate of drug-likeness (QED) is 0.592. The van der Waals surface area contributed by atoms with Gasteiger partial charge in [0.15, 0.2) is 12.3 Å². The summed E-state index contributed by atoms with van der Waals surface area (Å²) in [6, 6.07) is 6.53. The van der Waals surface area contributed by atoms with Crippen LogP contribution in [0.15, 0.2) is 48.7 Å². The molecule has 3 heterocycles. The number of ether oxygens (including phenoxy) is 1. The summed E-state index contributed by atoms with van der Waals surface area (Å²) < 4.78 is 46.3. The molecule has 2 aliphatic rings. The first kappa shape index (κ1) is 23.3. The fourth-order valence-electron chi connectivity index (χ4n) is 3.69. The lowest BCUT2D eigenvalue weighted by Crippen LogP contribution is -2.49. The van der Waals surface area contributed by atoms with Crippen molar-refractivity contribution in [3.63, 3.8) is 0 Å². The van der Waals surface area contributed by atoms with Crippen molar-refractivity contribution < 1.29 is 22.7 Å². The lowest BCUT2D eigenvalue weighted by Gasteiger charge is -2.34. The van der Waals surface area contributed by atoms with Crippen molar-refractivity contribution in [3.05, 3.63) is 60.1 Å². The highest BCUT2D eigenvalue weighted by molar-refractivity contribution is 6.25. The third-order valence-corrected chi connectivity index (χ3v) is 5.86. The number of amides is 1. The average Bonchev–Trinajstić information content (AvgIpc) is 3.24. The highest BCUT2D eigenvalue weighted by atomic mass is 35.5. The lowest BCUT2D eigenvalue weighted by molar-refractivity contribution is -0.141. The molecule has 176 valence electrons. The molecule has 0 saturated carbocycles. The van der Waals surface area contributed by atoms with E-state index in [0.717, 1.165) is 16.4 Å².